The van der Waals surface area contributed by atoms with E-state index in [0.29, 0.717) is 11.7 Å². The maximum absolute atomic E-state index is 12.6. The molecule has 5 heteroatoms. The summed E-state index contributed by atoms with van der Waals surface area (Å²) < 4.78 is 30.4. The smallest absolute Gasteiger partial charge is 0.183 e. The Hall–Kier alpha value is -1.07. The summed E-state index contributed by atoms with van der Waals surface area (Å²) in [6, 6.07) is 6.74. The van der Waals surface area contributed by atoms with Crippen LogP contribution in [0.2, 0.25) is 0 Å². The monoisotopic (exact) mass is 299 g/mol. The van der Waals surface area contributed by atoms with E-state index in [9.17, 15) is 8.42 Å². The van der Waals surface area contributed by atoms with Crippen molar-refractivity contribution in [3.63, 3.8) is 0 Å². The lowest BCUT2D eigenvalue weighted by Gasteiger charge is -2.24. The third-order valence-electron chi connectivity index (χ3n) is 3.60. The van der Waals surface area contributed by atoms with Gasteiger partial charge in [-0.2, -0.15) is 0 Å². The fraction of sp³-hybridized carbons (Fsp3) is 0.600. The van der Waals surface area contributed by atoms with Crippen LogP contribution in [-0.4, -0.2) is 33.9 Å². The molecule has 4 nitrogen and oxygen atoms in total. The van der Waals surface area contributed by atoms with E-state index in [4.69, 9.17) is 4.74 Å². The fourth-order valence-corrected chi connectivity index (χ4v) is 4.02. The minimum Gasteiger partial charge on any atom is -0.495 e. The van der Waals surface area contributed by atoms with Crippen molar-refractivity contribution in [2.45, 2.75) is 38.1 Å². The van der Waals surface area contributed by atoms with Crippen LogP contribution < -0.4 is 10.1 Å². The number of hydrogen-bond acceptors (Lipinski definition) is 4. The van der Waals surface area contributed by atoms with Gasteiger partial charge in [-0.1, -0.05) is 39.3 Å². The van der Waals surface area contributed by atoms with Crippen LogP contribution in [0.15, 0.2) is 29.2 Å². The molecule has 0 radical (unpaired) electrons. The van der Waals surface area contributed by atoms with Crippen molar-refractivity contribution in [1.82, 2.24) is 5.32 Å². The molecule has 20 heavy (non-hydrogen) atoms. The molecule has 0 aliphatic carbocycles. The molecule has 114 valence electrons. The second kappa shape index (κ2) is 7.64. The summed E-state index contributed by atoms with van der Waals surface area (Å²) in [5.74, 6) is 0.808. The standard InChI is InChI=1S/C15H25NO3S/c1-5-12(3)13(16-6-2)11-20(17,18)15-10-8-7-9-14(15)19-4/h7-10,12-13,16H,5-6,11H2,1-4H3. The van der Waals surface area contributed by atoms with Crippen LogP contribution in [0.5, 0.6) is 5.75 Å². The molecule has 1 aromatic carbocycles. The number of hydrogen-bond donors (Lipinski definition) is 1. The van der Waals surface area contributed by atoms with Gasteiger partial charge in [0.1, 0.15) is 10.6 Å². The number of para-hydroxylation sites is 1. The van der Waals surface area contributed by atoms with E-state index in [1.165, 1.54) is 7.11 Å². The van der Waals surface area contributed by atoms with Gasteiger partial charge in [0.05, 0.1) is 12.9 Å². The van der Waals surface area contributed by atoms with Gasteiger partial charge in [-0.05, 0) is 24.6 Å². The molecule has 0 aliphatic rings. The van der Waals surface area contributed by atoms with Crippen LogP contribution in [0.4, 0.5) is 0 Å². The van der Waals surface area contributed by atoms with Gasteiger partial charge in [0.2, 0.25) is 0 Å². The molecule has 0 spiro atoms. The van der Waals surface area contributed by atoms with Gasteiger partial charge in [-0.15, -0.1) is 0 Å². The number of nitrogens with one attached hydrogen (secondary N) is 1. The van der Waals surface area contributed by atoms with Gasteiger partial charge in [-0.3, -0.25) is 0 Å². The summed E-state index contributed by atoms with van der Waals surface area (Å²) >= 11 is 0. The minimum atomic E-state index is -3.37. The summed E-state index contributed by atoms with van der Waals surface area (Å²) in [7, 11) is -1.88. The van der Waals surface area contributed by atoms with Gasteiger partial charge in [0.25, 0.3) is 0 Å². The molecule has 1 N–H and O–H groups in total. The van der Waals surface area contributed by atoms with Gasteiger partial charge in [0, 0.05) is 6.04 Å². The molecule has 0 bridgehead atoms. The summed E-state index contributed by atoms with van der Waals surface area (Å²) in [4.78, 5) is 0.272. The zero-order valence-corrected chi connectivity index (χ0v) is 13.5. The molecule has 0 fully saturated rings. The first kappa shape index (κ1) is 17.0. The van der Waals surface area contributed by atoms with Gasteiger partial charge >= 0.3 is 0 Å². The van der Waals surface area contributed by atoms with Crippen LogP contribution in [0.1, 0.15) is 27.2 Å². The van der Waals surface area contributed by atoms with E-state index in [2.05, 4.69) is 19.2 Å². The normalized spacial score (nSPS) is 14.8. The minimum absolute atomic E-state index is 0.0417. The number of ether oxygens (including phenoxy) is 1. The molecular formula is C15H25NO3S. The van der Waals surface area contributed by atoms with Crippen LogP contribution in [-0.2, 0) is 9.84 Å². The Morgan fingerprint density at radius 1 is 1.25 bits per heavy atom. The second-order valence-electron chi connectivity index (χ2n) is 4.98. The zero-order chi connectivity index (χ0) is 15.2. The lowest BCUT2D eigenvalue weighted by Crippen LogP contribution is -2.40. The predicted molar refractivity (Wildman–Crippen MR) is 82.0 cm³/mol. The lowest BCUT2D eigenvalue weighted by molar-refractivity contribution is 0.392. The number of methoxy groups -OCH3 is 1. The molecule has 0 heterocycles. The molecule has 0 aliphatic heterocycles. The van der Waals surface area contributed by atoms with Crippen LogP contribution >= 0.6 is 0 Å². The molecular weight excluding hydrogens is 274 g/mol. The first-order chi connectivity index (χ1) is 9.46. The Kier molecular flexibility index (Phi) is 6.49. The Morgan fingerprint density at radius 2 is 1.90 bits per heavy atom. The predicted octanol–water partition coefficient (Wildman–Crippen LogP) is 2.49. The van der Waals surface area contributed by atoms with Gasteiger partial charge in [-0.25, -0.2) is 8.42 Å². The average molecular weight is 299 g/mol. The highest BCUT2D eigenvalue weighted by Crippen LogP contribution is 2.25. The van der Waals surface area contributed by atoms with Crippen LogP contribution in [0, 0.1) is 5.92 Å². The highest BCUT2D eigenvalue weighted by atomic mass is 32.2. The van der Waals surface area contributed by atoms with E-state index in [1.807, 2.05) is 6.92 Å². The van der Waals surface area contributed by atoms with Crippen molar-refractivity contribution >= 4 is 9.84 Å². The Morgan fingerprint density at radius 3 is 2.45 bits per heavy atom. The van der Waals surface area contributed by atoms with Crippen LogP contribution in [0.25, 0.3) is 0 Å². The first-order valence-corrected chi connectivity index (χ1v) is 8.70. The molecule has 2 unspecified atom stereocenters. The van der Waals surface area contributed by atoms with Crippen LogP contribution in [0.3, 0.4) is 0 Å². The van der Waals surface area contributed by atoms with Crippen molar-refractivity contribution in [2.75, 3.05) is 19.4 Å². The molecule has 0 saturated heterocycles. The van der Waals surface area contributed by atoms with Crippen molar-refractivity contribution in [3.8, 4) is 5.75 Å². The summed E-state index contributed by atoms with van der Waals surface area (Å²) in [6.07, 6.45) is 0.944. The summed E-state index contributed by atoms with van der Waals surface area (Å²) in [6.45, 7) is 6.90. The molecule has 0 amide bonds. The molecule has 1 rings (SSSR count). The SMILES string of the molecule is CCNC(CS(=O)(=O)c1ccccc1OC)C(C)CC. The molecule has 2 atom stereocenters. The molecule has 0 aromatic heterocycles. The number of benzene rings is 1. The largest absolute Gasteiger partial charge is 0.495 e. The van der Waals surface area contributed by atoms with E-state index in [-0.39, 0.29) is 16.7 Å². The topological polar surface area (TPSA) is 55.4 Å². The fourth-order valence-electron chi connectivity index (χ4n) is 2.17. The Balaban J connectivity index is 3.03. The van der Waals surface area contributed by atoms with Gasteiger partial charge in [0.15, 0.2) is 9.84 Å². The third kappa shape index (κ3) is 4.21. The number of sulfone groups is 1. The third-order valence-corrected chi connectivity index (χ3v) is 5.41. The van der Waals surface area contributed by atoms with Gasteiger partial charge < -0.3 is 10.1 Å². The zero-order valence-electron chi connectivity index (χ0n) is 12.7. The highest BCUT2D eigenvalue weighted by molar-refractivity contribution is 7.91. The lowest BCUT2D eigenvalue weighted by atomic mass is 10.0. The Bertz CT molecular complexity index is 514. The quantitative estimate of drug-likeness (QED) is 0.801. The first-order valence-electron chi connectivity index (χ1n) is 7.05. The highest BCUT2D eigenvalue weighted by Gasteiger charge is 2.26. The molecule has 1 aromatic rings. The van der Waals surface area contributed by atoms with Crippen molar-refractivity contribution in [3.05, 3.63) is 24.3 Å². The number of rotatable bonds is 8. The second-order valence-corrected chi connectivity index (χ2v) is 6.98. The van der Waals surface area contributed by atoms with E-state index in [1.54, 1.807) is 24.3 Å². The van der Waals surface area contributed by atoms with Crippen molar-refractivity contribution < 1.29 is 13.2 Å². The summed E-state index contributed by atoms with van der Waals surface area (Å²) in [5.41, 5.74) is 0. The molecule has 0 saturated carbocycles. The maximum Gasteiger partial charge on any atom is 0.183 e. The van der Waals surface area contributed by atoms with E-state index >= 15 is 0 Å². The summed E-state index contributed by atoms with van der Waals surface area (Å²) in [5, 5.41) is 3.28. The van der Waals surface area contributed by atoms with Crippen molar-refractivity contribution in [1.29, 1.82) is 0 Å². The maximum atomic E-state index is 12.6. The van der Waals surface area contributed by atoms with Crippen molar-refractivity contribution in [2.24, 2.45) is 5.92 Å². The Labute approximate surface area is 122 Å². The van der Waals surface area contributed by atoms with E-state index in [0.717, 1.165) is 13.0 Å². The van der Waals surface area contributed by atoms with E-state index < -0.39 is 9.84 Å². The average Bonchev–Trinajstić information content (AvgIpc) is 2.45.